The first-order valence-corrected chi connectivity index (χ1v) is 6.70. The zero-order valence-corrected chi connectivity index (χ0v) is 12.0. The molecule has 0 aliphatic heterocycles. The molecule has 2 aromatic rings. The van der Waals surface area contributed by atoms with E-state index in [4.69, 9.17) is 11.6 Å². The molecule has 7 heteroatoms. The van der Waals surface area contributed by atoms with E-state index in [-0.39, 0.29) is 12.2 Å². The Morgan fingerprint density at radius 2 is 1.68 bits per heavy atom. The molecule has 0 spiro atoms. The number of hydrogen-bond acceptors (Lipinski definition) is 1. The maximum atomic E-state index is 12.8. The van der Waals surface area contributed by atoms with Gasteiger partial charge in [-0.05, 0) is 23.8 Å². The summed E-state index contributed by atoms with van der Waals surface area (Å²) in [5, 5.41) is 5.13. The van der Waals surface area contributed by atoms with Crippen LogP contribution in [0.4, 0.5) is 23.7 Å². The zero-order chi connectivity index (χ0) is 16.2. The molecule has 0 aliphatic rings. The van der Waals surface area contributed by atoms with Gasteiger partial charge in [0.2, 0.25) is 0 Å². The maximum absolute atomic E-state index is 12.8. The van der Waals surface area contributed by atoms with Crippen molar-refractivity contribution in [3.8, 4) is 0 Å². The Balaban J connectivity index is 2.03. The molecule has 0 bridgehead atoms. The second-order valence-corrected chi connectivity index (χ2v) is 4.85. The summed E-state index contributed by atoms with van der Waals surface area (Å²) in [7, 11) is 0. The van der Waals surface area contributed by atoms with Crippen molar-refractivity contribution >= 4 is 23.3 Å². The summed E-state index contributed by atoms with van der Waals surface area (Å²) < 4.78 is 38.4. The summed E-state index contributed by atoms with van der Waals surface area (Å²) in [5.41, 5.74) is -0.530. The van der Waals surface area contributed by atoms with Crippen LogP contribution in [0.15, 0.2) is 48.5 Å². The summed E-state index contributed by atoms with van der Waals surface area (Å²) in [4.78, 5) is 11.7. The van der Waals surface area contributed by atoms with Crippen LogP contribution in [-0.2, 0) is 12.7 Å². The van der Waals surface area contributed by atoms with Gasteiger partial charge in [0, 0.05) is 11.6 Å². The van der Waals surface area contributed by atoms with Gasteiger partial charge in [0.05, 0.1) is 11.3 Å². The molecule has 0 saturated heterocycles. The van der Waals surface area contributed by atoms with Crippen LogP contribution in [0.3, 0.4) is 0 Å². The lowest BCUT2D eigenvalue weighted by Crippen LogP contribution is -2.29. The molecule has 2 amide bonds. The number of carbonyl (C=O) groups excluding carboxylic acids is 1. The first-order valence-electron chi connectivity index (χ1n) is 6.32. The van der Waals surface area contributed by atoms with Crippen molar-refractivity contribution < 1.29 is 18.0 Å². The molecular weight excluding hydrogens is 317 g/mol. The van der Waals surface area contributed by atoms with Gasteiger partial charge >= 0.3 is 12.2 Å². The largest absolute Gasteiger partial charge is 0.418 e. The number of hydrogen-bond donors (Lipinski definition) is 2. The van der Waals surface area contributed by atoms with Gasteiger partial charge in [-0.25, -0.2) is 4.79 Å². The van der Waals surface area contributed by atoms with Crippen molar-refractivity contribution in [3.05, 3.63) is 64.7 Å². The van der Waals surface area contributed by atoms with E-state index >= 15 is 0 Å². The summed E-state index contributed by atoms with van der Waals surface area (Å²) >= 11 is 5.93. The number of halogens is 4. The van der Waals surface area contributed by atoms with Crippen LogP contribution in [-0.4, -0.2) is 6.03 Å². The molecule has 2 rings (SSSR count). The third kappa shape index (κ3) is 4.14. The molecule has 2 aromatic carbocycles. The zero-order valence-electron chi connectivity index (χ0n) is 11.2. The molecule has 0 saturated carbocycles. The van der Waals surface area contributed by atoms with Crippen molar-refractivity contribution in [2.75, 3.05) is 5.32 Å². The molecule has 0 atom stereocenters. The van der Waals surface area contributed by atoms with Crippen molar-refractivity contribution in [3.63, 3.8) is 0 Å². The first kappa shape index (κ1) is 16.2. The molecule has 22 heavy (non-hydrogen) atoms. The SMILES string of the molecule is O=C(NCc1ccccc1Cl)Nc1ccccc1C(F)(F)F. The minimum atomic E-state index is -4.54. The highest BCUT2D eigenvalue weighted by Gasteiger charge is 2.33. The number of alkyl halides is 3. The van der Waals surface area contributed by atoms with Crippen LogP contribution in [0.1, 0.15) is 11.1 Å². The Morgan fingerprint density at radius 1 is 1.05 bits per heavy atom. The highest BCUT2D eigenvalue weighted by Crippen LogP contribution is 2.34. The number of carbonyl (C=O) groups is 1. The molecular formula is C15H12ClF3N2O. The topological polar surface area (TPSA) is 41.1 Å². The highest BCUT2D eigenvalue weighted by atomic mass is 35.5. The molecule has 0 fully saturated rings. The third-order valence-electron chi connectivity index (χ3n) is 2.88. The normalized spacial score (nSPS) is 11.1. The van der Waals surface area contributed by atoms with Crippen LogP contribution >= 0.6 is 11.6 Å². The fraction of sp³-hybridized carbons (Fsp3) is 0.133. The number of amides is 2. The number of para-hydroxylation sites is 1. The lowest BCUT2D eigenvalue weighted by atomic mass is 10.1. The number of urea groups is 1. The summed E-state index contributed by atoms with van der Waals surface area (Å²) in [6, 6.07) is 10.9. The molecule has 116 valence electrons. The minimum absolute atomic E-state index is 0.111. The first-order chi connectivity index (χ1) is 10.4. The average Bonchev–Trinajstić information content (AvgIpc) is 2.46. The predicted molar refractivity (Wildman–Crippen MR) is 78.8 cm³/mol. The van der Waals surface area contributed by atoms with Gasteiger partial charge in [0.15, 0.2) is 0 Å². The van der Waals surface area contributed by atoms with E-state index in [2.05, 4.69) is 10.6 Å². The van der Waals surface area contributed by atoms with Gasteiger partial charge in [0.25, 0.3) is 0 Å². The smallest absolute Gasteiger partial charge is 0.334 e. The van der Waals surface area contributed by atoms with E-state index in [1.165, 1.54) is 18.2 Å². The summed E-state index contributed by atoms with van der Waals surface area (Å²) in [5.74, 6) is 0. The van der Waals surface area contributed by atoms with Gasteiger partial charge in [-0.3, -0.25) is 0 Å². The summed E-state index contributed by atoms with van der Waals surface area (Å²) in [6.07, 6.45) is -4.54. The fourth-order valence-corrected chi connectivity index (χ4v) is 2.03. The van der Waals surface area contributed by atoms with Crippen LogP contribution in [0.5, 0.6) is 0 Å². The van der Waals surface area contributed by atoms with Crippen LogP contribution in [0.25, 0.3) is 0 Å². The number of rotatable bonds is 3. The van der Waals surface area contributed by atoms with Crippen LogP contribution < -0.4 is 10.6 Å². The number of benzene rings is 2. The molecule has 0 heterocycles. The van der Waals surface area contributed by atoms with Crippen molar-refractivity contribution in [1.29, 1.82) is 0 Å². The Kier molecular flexibility index (Phi) is 4.92. The fourth-order valence-electron chi connectivity index (χ4n) is 1.82. The van der Waals surface area contributed by atoms with Gasteiger partial charge < -0.3 is 10.6 Å². The van der Waals surface area contributed by atoms with E-state index in [0.717, 1.165) is 6.07 Å². The second-order valence-electron chi connectivity index (χ2n) is 4.44. The highest BCUT2D eigenvalue weighted by molar-refractivity contribution is 6.31. The predicted octanol–water partition coefficient (Wildman–Crippen LogP) is 4.68. The van der Waals surface area contributed by atoms with Gasteiger partial charge in [0.1, 0.15) is 0 Å². The molecule has 2 N–H and O–H groups in total. The van der Waals surface area contributed by atoms with Gasteiger partial charge in [-0.1, -0.05) is 41.9 Å². The second kappa shape index (κ2) is 6.70. The van der Waals surface area contributed by atoms with E-state index in [1.54, 1.807) is 24.3 Å². The number of anilines is 1. The van der Waals surface area contributed by atoms with Crippen molar-refractivity contribution in [2.45, 2.75) is 12.7 Å². The monoisotopic (exact) mass is 328 g/mol. The van der Waals surface area contributed by atoms with Gasteiger partial charge in [-0.15, -0.1) is 0 Å². The molecule has 0 aliphatic carbocycles. The van der Waals surface area contributed by atoms with E-state index in [1.807, 2.05) is 0 Å². The third-order valence-corrected chi connectivity index (χ3v) is 3.25. The van der Waals surface area contributed by atoms with E-state index in [9.17, 15) is 18.0 Å². The lowest BCUT2D eigenvalue weighted by molar-refractivity contribution is -0.136. The van der Waals surface area contributed by atoms with Gasteiger partial charge in [-0.2, -0.15) is 13.2 Å². The molecule has 0 unspecified atom stereocenters. The molecule has 0 aromatic heterocycles. The van der Waals surface area contributed by atoms with E-state index in [0.29, 0.717) is 10.6 Å². The Labute approximate surface area is 130 Å². The maximum Gasteiger partial charge on any atom is 0.418 e. The minimum Gasteiger partial charge on any atom is -0.334 e. The van der Waals surface area contributed by atoms with Crippen LogP contribution in [0, 0.1) is 0 Å². The Bertz CT molecular complexity index is 674. The average molecular weight is 329 g/mol. The van der Waals surface area contributed by atoms with Crippen molar-refractivity contribution in [1.82, 2.24) is 5.32 Å². The van der Waals surface area contributed by atoms with Crippen LogP contribution in [0.2, 0.25) is 5.02 Å². The molecule has 3 nitrogen and oxygen atoms in total. The standard InChI is InChI=1S/C15H12ClF3N2O/c16-12-7-3-1-5-10(12)9-20-14(22)21-13-8-4-2-6-11(13)15(17,18)19/h1-8H,9H2,(H2,20,21,22). The van der Waals surface area contributed by atoms with Crippen molar-refractivity contribution in [2.24, 2.45) is 0 Å². The number of nitrogens with one attached hydrogen (secondary N) is 2. The quantitative estimate of drug-likeness (QED) is 0.844. The Morgan fingerprint density at radius 3 is 2.36 bits per heavy atom. The van der Waals surface area contributed by atoms with E-state index < -0.39 is 17.8 Å². The molecule has 0 radical (unpaired) electrons. The Hall–Kier alpha value is -2.21. The lowest BCUT2D eigenvalue weighted by Gasteiger charge is -2.14. The summed E-state index contributed by atoms with van der Waals surface area (Å²) in [6.45, 7) is 0.111.